The highest BCUT2D eigenvalue weighted by Gasteiger charge is 2.52. The van der Waals surface area contributed by atoms with Gasteiger partial charge in [0.1, 0.15) is 61.2 Å². The first kappa shape index (κ1) is 61.9. The van der Waals surface area contributed by atoms with Crippen molar-refractivity contribution in [3.8, 4) is 22.5 Å². The quantitative estimate of drug-likeness (QED) is 0.0156. The van der Waals surface area contributed by atoms with E-state index in [1.807, 2.05) is 48.5 Å². The van der Waals surface area contributed by atoms with Gasteiger partial charge >= 0.3 is 24.2 Å². The number of nitrogens with two attached hydrogens (primary N) is 1. The zero-order chi connectivity index (χ0) is 58.3. The first-order chi connectivity index (χ1) is 37.8. The highest BCUT2D eigenvalue weighted by Crippen LogP contribution is 2.63. The number of nitrogens with zero attached hydrogens (tertiary/aromatic N) is 6. The van der Waals surface area contributed by atoms with Crippen LogP contribution in [0.4, 0.5) is 11.5 Å². The number of carbonyl (C=O) groups is 3. The first-order valence-corrected chi connectivity index (χ1v) is 29.9. The molecule has 80 heavy (non-hydrogen) atoms. The predicted molar refractivity (Wildman–Crippen MR) is 289 cm³/mol. The van der Waals surface area contributed by atoms with Crippen LogP contribution < -0.4 is 46.3 Å². The van der Waals surface area contributed by atoms with Crippen LogP contribution in [0.1, 0.15) is 64.5 Å². The number of hydrogen-bond donors (Lipinski definition) is 10. The Balaban J connectivity index is 0.886. The molecule has 2 aliphatic heterocycles. The van der Waals surface area contributed by atoms with Crippen LogP contribution in [0.3, 0.4) is 0 Å². The van der Waals surface area contributed by atoms with E-state index in [4.69, 9.17) is 23.9 Å². The molecule has 7 rings (SSSR count). The minimum atomic E-state index is -5.62. The van der Waals surface area contributed by atoms with E-state index < -0.39 is 85.3 Å². The molecule has 1 saturated heterocycles. The molecule has 2 unspecified atom stereocenters. The fourth-order valence-corrected chi connectivity index (χ4v) is 11.9. The van der Waals surface area contributed by atoms with Gasteiger partial charge in [-0.15, -0.1) is 0 Å². The van der Waals surface area contributed by atoms with Gasteiger partial charge in [0.25, 0.3) is 5.91 Å². The lowest BCUT2D eigenvalue weighted by Gasteiger charge is -2.30. The van der Waals surface area contributed by atoms with Crippen molar-refractivity contribution in [1.29, 1.82) is 0 Å². The van der Waals surface area contributed by atoms with Gasteiger partial charge in [-0.1, -0.05) is 36.4 Å². The molecule has 0 spiro atoms. The van der Waals surface area contributed by atoms with Gasteiger partial charge in [-0.2, -0.15) is 23.7 Å². The number of phosphoric ester groups is 3. The highest BCUT2D eigenvalue weighted by atomic mass is 31.3. The molecule has 11 N–H and O–H groups in total. The summed E-state index contributed by atoms with van der Waals surface area (Å²) < 4.78 is 47.2. The molecule has 28 nitrogen and oxygen atoms in total. The molecule has 3 aliphatic rings. The Bertz CT molecular complexity index is 3260. The fraction of sp³-hybridized carbons (Fsp3) is 0.449. The van der Waals surface area contributed by atoms with E-state index in [0.717, 1.165) is 71.0 Å². The van der Waals surface area contributed by atoms with Gasteiger partial charge in [0, 0.05) is 84.5 Å². The zero-order valence-corrected chi connectivity index (χ0v) is 47.3. The fourth-order valence-electron chi connectivity index (χ4n) is 9.04. The lowest BCUT2D eigenvalue weighted by molar-refractivity contribution is -0.245. The molecule has 31 heteroatoms. The summed E-state index contributed by atoms with van der Waals surface area (Å²) in [5.41, 5.74) is 8.64. The van der Waals surface area contributed by atoms with E-state index in [1.165, 1.54) is 13.8 Å². The number of nitrogen functional groups attached to an aromatic ring is 1. The number of aromatic nitrogens is 4. The third kappa shape index (κ3) is 14.8. The van der Waals surface area contributed by atoms with Crippen LogP contribution in [-0.2, 0) is 36.8 Å². The average molecular weight is 1180 g/mol. The number of hydrogen-bond acceptors (Lipinski definition) is 22. The second-order valence-electron chi connectivity index (χ2n) is 19.1. The number of benzene rings is 3. The van der Waals surface area contributed by atoms with Gasteiger partial charge < -0.3 is 60.6 Å². The van der Waals surface area contributed by atoms with Crippen molar-refractivity contribution in [2.45, 2.75) is 78.6 Å². The second-order valence-corrected chi connectivity index (χ2v) is 23.3. The number of ether oxygens (including phenoxy) is 1. The maximum atomic E-state index is 13.9. The molecule has 3 amide bonds. The summed E-state index contributed by atoms with van der Waals surface area (Å²) in [5, 5.41) is 31.6. The monoisotopic (exact) mass is 1180 g/mol. The summed E-state index contributed by atoms with van der Waals surface area (Å²) in [7, 11) is -16.5. The van der Waals surface area contributed by atoms with E-state index in [0.29, 0.717) is 22.5 Å². The van der Waals surface area contributed by atoms with E-state index in [1.54, 1.807) is 12.1 Å². The van der Waals surface area contributed by atoms with Crippen LogP contribution >= 0.6 is 24.2 Å². The number of rotatable bonds is 26. The smallest absolute Gasteiger partial charge is 0.510 e. The van der Waals surface area contributed by atoms with Crippen LogP contribution in [-0.4, -0.2) is 150 Å². The van der Waals surface area contributed by atoms with Gasteiger partial charge in [-0.05, 0) is 57.5 Å². The van der Waals surface area contributed by atoms with Gasteiger partial charge in [-0.3, -0.25) is 23.5 Å². The van der Waals surface area contributed by atoms with Crippen LogP contribution in [0.5, 0.6) is 0 Å². The molecular formula is C49H66N10O18P3+. The molecule has 0 saturated carbocycles. The Morgan fingerprint density at radius 3 is 2.36 bits per heavy atom. The van der Waals surface area contributed by atoms with Crippen molar-refractivity contribution in [1.82, 2.24) is 40.0 Å². The molecule has 2 aromatic carbocycles. The summed E-state index contributed by atoms with van der Waals surface area (Å²) in [6, 6.07) is 19.4. The predicted octanol–water partition coefficient (Wildman–Crippen LogP) is 0.871. The number of nitrogens with one attached hydrogen (secondary N) is 3. The van der Waals surface area contributed by atoms with Gasteiger partial charge in [0.15, 0.2) is 23.8 Å². The number of phosphoric acid groups is 3. The van der Waals surface area contributed by atoms with Crippen LogP contribution in [0, 0.1) is 5.41 Å². The zero-order valence-electron chi connectivity index (χ0n) is 44.6. The van der Waals surface area contributed by atoms with Crippen molar-refractivity contribution in [2.75, 3.05) is 69.7 Å². The topological polar surface area (TPSA) is 407 Å². The Morgan fingerprint density at radius 1 is 0.950 bits per heavy atom. The minimum Gasteiger partial charge on any atom is -0.606 e. The molecule has 434 valence electrons. The molecule has 7 atom stereocenters. The molecule has 1 fully saturated rings. The summed E-state index contributed by atoms with van der Waals surface area (Å²) in [6.45, 7) is 11.8. The van der Waals surface area contributed by atoms with E-state index in [9.17, 15) is 58.5 Å². The Labute approximate surface area is 460 Å². The minimum absolute atomic E-state index is 0.0229. The van der Waals surface area contributed by atoms with Crippen molar-refractivity contribution in [2.24, 2.45) is 5.41 Å². The van der Waals surface area contributed by atoms with Crippen molar-refractivity contribution >= 4 is 75.5 Å². The van der Waals surface area contributed by atoms with Crippen molar-refractivity contribution < 1.29 is 85.6 Å². The lowest BCUT2D eigenvalue weighted by Crippen LogP contribution is -2.47. The standard InChI is InChI=1S/C49H65N10O18P3/c1-7-57(8-2)29-15-17-33-35(23-29)74-36-24-30(58(9-3)10-4)16-18-34(36)39(33)31-13-11-12-14-32(31)46(63)53-22-21-51-38(60)19-20-52-47(64)43(62)49(5,6)26-73-80(70,71)77-79(68,69)72-25-37-42(76-78(65,66)67)41(61)48(75-37)59-28-56-40-44(50)54-27-55-45(40)59/h11-18,23-24,27-28,37,41-43,48,61-62H,7-10,19-22,25-26H2,1-6H3,(H8-,50,51,52,53,54,55,60,63,64,65,66,67,68,69,70,71)/p+1/t37-,41-,42-,43+,48-/m1/s1. The third-order valence-corrected chi connectivity index (χ3v) is 16.3. The summed E-state index contributed by atoms with van der Waals surface area (Å²) in [5.74, 6) is -1.28. The van der Waals surface area contributed by atoms with Crippen LogP contribution in [0.2, 0.25) is 0 Å². The largest absolute Gasteiger partial charge is 0.606 e. The normalized spacial score (nSPS) is 18.7. The Kier molecular flexibility index (Phi) is 20.1. The van der Waals surface area contributed by atoms with E-state index >= 15 is 0 Å². The number of aliphatic hydroxyl groups excluding tert-OH is 2. The van der Waals surface area contributed by atoms with Gasteiger partial charge in [-0.25, -0.2) is 24.1 Å². The molecule has 2 aromatic heterocycles. The average Bonchev–Trinajstić information content (AvgIpc) is 4.14. The highest BCUT2D eigenvalue weighted by molar-refractivity contribution is 7.64. The maximum absolute atomic E-state index is 13.9. The molecule has 4 aromatic rings. The molecular weight excluding hydrogens is 1110 g/mol. The summed E-state index contributed by atoms with van der Waals surface area (Å²) in [6.07, 6.45) is -7.12. The number of anilines is 2. The SMILES string of the molecule is CCN(CC)c1ccc2c(-c3ccccc3C(=O)NCCNC(=O)CCNC(=O)[C@H](O)C(C)(C)CO[P+]([O-])(O)OP(=O)(O)OC[C@H]3O[C@@H](n4cnc5c(N)ncnc54)[C@H](O)[C@@H]3O[P+]([O-])(O)O)c3ccc(=[N+](CC)CC)cc-3oc2c1. The summed E-state index contributed by atoms with van der Waals surface area (Å²) >= 11 is 0. The number of amides is 3. The van der Waals surface area contributed by atoms with Gasteiger partial charge in [0.05, 0.1) is 19.0 Å². The van der Waals surface area contributed by atoms with E-state index in [-0.39, 0.29) is 48.9 Å². The molecule has 4 heterocycles. The third-order valence-electron chi connectivity index (χ3n) is 13.2. The van der Waals surface area contributed by atoms with Crippen molar-refractivity contribution in [3.05, 3.63) is 84.2 Å². The molecule has 0 radical (unpaired) electrons. The lowest BCUT2D eigenvalue weighted by atomic mass is 9.87. The Morgan fingerprint density at radius 2 is 1.66 bits per heavy atom. The number of imidazole rings is 1. The molecule has 1 aliphatic carbocycles. The second kappa shape index (κ2) is 26.0. The first-order valence-electron chi connectivity index (χ1n) is 25.4. The molecule has 0 bridgehead atoms. The summed E-state index contributed by atoms with van der Waals surface area (Å²) in [4.78, 5) is 118. The maximum Gasteiger partial charge on any atom is 0.510 e. The number of carbonyl (C=O) groups excluding carboxylic acids is 3. The van der Waals surface area contributed by atoms with Crippen LogP contribution in [0.15, 0.2) is 77.7 Å². The Hall–Kier alpha value is -5.74. The van der Waals surface area contributed by atoms with E-state index in [2.05, 4.69) is 76.9 Å². The number of aliphatic hydroxyl groups is 2. The van der Waals surface area contributed by atoms with Gasteiger partial charge in [0.2, 0.25) is 17.2 Å². The number of fused-ring (bicyclic) bond motifs is 3. The van der Waals surface area contributed by atoms with Crippen LogP contribution in [0.25, 0.3) is 44.6 Å². The van der Waals surface area contributed by atoms with Crippen molar-refractivity contribution in [3.63, 3.8) is 0 Å².